The molecule has 0 unspecified atom stereocenters. The molecule has 0 aliphatic rings. The number of halogens is 2. The summed E-state index contributed by atoms with van der Waals surface area (Å²) in [5.74, 6) is -0.262. The fraction of sp³-hybridized carbons (Fsp3) is 0.391. The number of amides is 2. The van der Waals surface area contributed by atoms with Crippen LogP contribution in [-0.4, -0.2) is 28.8 Å². The highest BCUT2D eigenvalue weighted by Crippen LogP contribution is 2.24. The lowest BCUT2D eigenvalue weighted by Gasteiger charge is -2.32. The average molecular weight is 435 g/mol. The zero-order chi connectivity index (χ0) is 21.4. The molecule has 2 aromatic carbocycles. The standard InChI is InChI=1S/C23H28Cl2N2O2/c1-4-16(3)26-23(29)21(5-2)27(15-18-11-12-19(24)14-20(18)25)22(28)13-17-9-7-6-8-10-17/h6-12,14,16,21H,4-5,13,15H2,1-3H3,(H,26,29)/t16-,21-/m1/s1. The molecule has 0 fully saturated rings. The van der Waals surface area contributed by atoms with Crippen molar-refractivity contribution in [1.82, 2.24) is 10.2 Å². The number of nitrogens with zero attached hydrogens (tertiary/aromatic N) is 1. The van der Waals surface area contributed by atoms with Crippen LogP contribution in [0, 0.1) is 0 Å². The fourth-order valence-corrected chi connectivity index (χ4v) is 3.53. The minimum atomic E-state index is -0.577. The van der Waals surface area contributed by atoms with Crippen LogP contribution in [0.4, 0.5) is 0 Å². The first kappa shape index (κ1) is 23.2. The number of carbonyl (C=O) groups excluding carboxylic acids is 2. The summed E-state index contributed by atoms with van der Waals surface area (Å²) in [5, 5.41) is 4.01. The molecule has 0 aliphatic heterocycles. The summed E-state index contributed by atoms with van der Waals surface area (Å²) in [6, 6.07) is 14.2. The van der Waals surface area contributed by atoms with Crippen LogP contribution in [0.5, 0.6) is 0 Å². The van der Waals surface area contributed by atoms with Crippen molar-refractivity contribution in [3.8, 4) is 0 Å². The summed E-state index contributed by atoms with van der Waals surface area (Å²) in [4.78, 5) is 27.8. The maximum Gasteiger partial charge on any atom is 0.243 e. The third-order valence-corrected chi connectivity index (χ3v) is 5.53. The average Bonchev–Trinajstić information content (AvgIpc) is 2.70. The van der Waals surface area contributed by atoms with Crippen LogP contribution in [0.15, 0.2) is 48.5 Å². The molecule has 0 aromatic heterocycles. The van der Waals surface area contributed by atoms with Crippen molar-refractivity contribution < 1.29 is 9.59 Å². The summed E-state index contributed by atoms with van der Waals surface area (Å²) in [6.07, 6.45) is 1.55. The van der Waals surface area contributed by atoms with E-state index in [2.05, 4.69) is 5.32 Å². The van der Waals surface area contributed by atoms with Crippen LogP contribution < -0.4 is 5.32 Å². The fourth-order valence-electron chi connectivity index (χ4n) is 3.07. The lowest BCUT2D eigenvalue weighted by molar-refractivity contribution is -0.141. The highest BCUT2D eigenvalue weighted by molar-refractivity contribution is 6.35. The smallest absolute Gasteiger partial charge is 0.243 e. The van der Waals surface area contributed by atoms with Gasteiger partial charge in [-0.1, -0.05) is 73.4 Å². The van der Waals surface area contributed by atoms with Gasteiger partial charge >= 0.3 is 0 Å². The Morgan fingerprint density at radius 3 is 2.31 bits per heavy atom. The number of nitrogens with one attached hydrogen (secondary N) is 1. The Morgan fingerprint density at radius 2 is 1.72 bits per heavy atom. The van der Waals surface area contributed by atoms with Crippen LogP contribution >= 0.6 is 23.2 Å². The van der Waals surface area contributed by atoms with Crippen molar-refractivity contribution in [2.45, 2.75) is 58.7 Å². The number of rotatable bonds is 9. The molecule has 1 N–H and O–H groups in total. The first-order valence-electron chi connectivity index (χ1n) is 9.93. The maximum absolute atomic E-state index is 13.2. The molecule has 0 heterocycles. The highest BCUT2D eigenvalue weighted by atomic mass is 35.5. The van der Waals surface area contributed by atoms with Crippen molar-refractivity contribution in [1.29, 1.82) is 0 Å². The number of benzene rings is 2. The molecule has 2 aromatic rings. The lowest BCUT2D eigenvalue weighted by Crippen LogP contribution is -2.51. The second-order valence-electron chi connectivity index (χ2n) is 7.16. The Bertz CT molecular complexity index is 827. The van der Waals surface area contributed by atoms with Gasteiger partial charge in [-0.15, -0.1) is 0 Å². The summed E-state index contributed by atoms with van der Waals surface area (Å²) < 4.78 is 0. The topological polar surface area (TPSA) is 49.4 Å². The van der Waals surface area contributed by atoms with E-state index in [1.807, 2.05) is 51.1 Å². The molecule has 2 amide bonds. The molecule has 0 radical (unpaired) electrons. The maximum atomic E-state index is 13.2. The SMILES string of the molecule is CC[C@@H](C)NC(=O)[C@@H](CC)N(Cc1ccc(Cl)cc1Cl)C(=O)Cc1ccccc1. The Hall–Kier alpha value is -2.04. The van der Waals surface area contributed by atoms with Gasteiger partial charge in [0.1, 0.15) is 6.04 Å². The minimum absolute atomic E-state index is 0.0433. The van der Waals surface area contributed by atoms with E-state index in [4.69, 9.17) is 23.2 Å². The van der Waals surface area contributed by atoms with E-state index in [0.29, 0.717) is 16.5 Å². The molecule has 0 bridgehead atoms. The molecule has 6 heteroatoms. The highest BCUT2D eigenvalue weighted by Gasteiger charge is 2.29. The van der Waals surface area contributed by atoms with Crippen LogP contribution in [0.1, 0.15) is 44.7 Å². The predicted octanol–water partition coefficient (Wildman–Crippen LogP) is 5.26. The molecule has 156 valence electrons. The number of carbonyl (C=O) groups is 2. The van der Waals surface area contributed by atoms with Crippen molar-refractivity contribution in [3.63, 3.8) is 0 Å². The molecular formula is C23H28Cl2N2O2. The molecule has 0 aliphatic carbocycles. The van der Waals surface area contributed by atoms with Gasteiger partial charge in [-0.25, -0.2) is 0 Å². The molecule has 0 spiro atoms. The quantitative estimate of drug-likeness (QED) is 0.584. The van der Waals surface area contributed by atoms with E-state index in [9.17, 15) is 9.59 Å². The van der Waals surface area contributed by atoms with Crippen molar-refractivity contribution in [2.75, 3.05) is 0 Å². The number of hydrogen-bond acceptors (Lipinski definition) is 2. The van der Waals surface area contributed by atoms with Gasteiger partial charge in [0.2, 0.25) is 11.8 Å². The van der Waals surface area contributed by atoms with Gasteiger partial charge in [0.25, 0.3) is 0 Å². The monoisotopic (exact) mass is 434 g/mol. The van der Waals surface area contributed by atoms with Crippen LogP contribution in [0.2, 0.25) is 10.0 Å². The molecule has 29 heavy (non-hydrogen) atoms. The Morgan fingerprint density at radius 1 is 1.03 bits per heavy atom. The third-order valence-electron chi connectivity index (χ3n) is 4.94. The van der Waals surface area contributed by atoms with Crippen LogP contribution in [-0.2, 0) is 22.6 Å². The Labute approximate surface area is 183 Å². The molecular weight excluding hydrogens is 407 g/mol. The predicted molar refractivity (Wildman–Crippen MR) is 119 cm³/mol. The van der Waals surface area contributed by atoms with Crippen LogP contribution in [0.25, 0.3) is 0 Å². The first-order valence-corrected chi connectivity index (χ1v) is 10.7. The van der Waals surface area contributed by atoms with Gasteiger partial charge in [-0.05, 0) is 43.0 Å². The molecule has 0 saturated heterocycles. The Balaban J connectivity index is 2.31. The molecule has 0 saturated carbocycles. The van der Waals surface area contributed by atoms with E-state index in [-0.39, 0.29) is 30.8 Å². The zero-order valence-corrected chi connectivity index (χ0v) is 18.6. The van der Waals surface area contributed by atoms with Gasteiger partial charge in [0.05, 0.1) is 6.42 Å². The lowest BCUT2D eigenvalue weighted by atomic mass is 10.1. The summed E-state index contributed by atoms with van der Waals surface area (Å²) >= 11 is 12.4. The molecule has 2 rings (SSSR count). The normalized spacial score (nSPS) is 12.9. The van der Waals surface area contributed by atoms with E-state index in [1.54, 1.807) is 23.1 Å². The van der Waals surface area contributed by atoms with E-state index < -0.39 is 6.04 Å². The molecule has 2 atom stereocenters. The van der Waals surface area contributed by atoms with Gasteiger partial charge < -0.3 is 10.2 Å². The number of hydrogen-bond donors (Lipinski definition) is 1. The summed E-state index contributed by atoms with van der Waals surface area (Å²) in [7, 11) is 0. The second-order valence-corrected chi connectivity index (χ2v) is 8.01. The van der Waals surface area contributed by atoms with E-state index in [1.165, 1.54) is 0 Å². The third kappa shape index (κ3) is 6.76. The van der Waals surface area contributed by atoms with Gasteiger partial charge in [0, 0.05) is 22.6 Å². The largest absolute Gasteiger partial charge is 0.352 e. The second kappa shape index (κ2) is 11.2. The van der Waals surface area contributed by atoms with Crippen molar-refractivity contribution in [3.05, 3.63) is 69.7 Å². The van der Waals surface area contributed by atoms with Crippen molar-refractivity contribution in [2.24, 2.45) is 0 Å². The van der Waals surface area contributed by atoms with E-state index in [0.717, 1.165) is 17.5 Å². The zero-order valence-electron chi connectivity index (χ0n) is 17.1. The van der Waals surface area contributed by atoms with Gasteiger partial charge in [0.15, 0.2) is 0 Å². The van der Waals surface area contributed by atoms with Crippen molar-refractivity contribution >= 4 is 35.0 Å². The first-order chi connectivity index (χ1) is 13.8. The summed E-state index contributed by atoms with van der Waals surface area (Å²) in [5.41, 5.74) is 1.66. The minimum Gasteiger partial charge on any atom is -0.352 e. The van der Waals surface area contributed by atoms with E-state index >= 15 is 0 Å². The van der Waals surface area contributed by atoms with Crippen LogP contribution in [0.3, 0.4) is 0 Å². The van der Waals surface area contributed by atoms with Gasteiger partial charge in [-0.3, -0.25) is 9.59 Å². The Kier molecular flexibility index (Phi) is 8.99. The summed E-state index contributed by atoms with van der Waals surface area (Å²) in [6.45, 7) is 6.12. The van der Waals surface area contributed by atoms with Gasteiger partial charge in [-0.2, -0.15) is 0 Å². The molecule has 4 nitrogen and oxygen atoms in total.